The molecule has 8 atom stereocenters. The number of allylic oxidation sites excluding steroid dienone is 2. The van der Waals surface area contributed by atoms with Crippen molar-refractivity contribution in [2.24, 2.45) is 0 Å². The van der Waals surface area contributed by atoms with Crippen LogP contribution in [0.3, 0.4) is 0 Å². The van der Waals surface area contributed by atoms with Crippen LogP contribution in [0, 0.1) is 0 Å². The normalized spacial score (nSPS) is 21.5. The maximum Gasteiger partial charge on any atom is 0.397 e. The number of hydrogen-bond donors (Lipinski definition) is 7. The van der Waals surface area contributed by atoms with E-state index in [0.717, 1.165) is 51.4 Å². The van der Waals surface area contributed by atoms with Crippen molar-refractivity contribution < 1.29 is 57.0 Å². The zero-order valence-electron chi connectivity index (χ0n) is 36.9. The molecule has 13 nitrogen and oxygen atoms in total. The van der Waals surface area contributed by atoms with Gasteiger partial charge in [-0.15, -0.1) is 0 Å². The Bertz CT molecular complexity index is 1130. The molecule has 8 unspecified atom stereocenters. The molecule has 1 aliphatic heterocycles. The third-order valence-corrected chi connectivity index (χ3v) is 11.9. The van der Waals surface area contributed by atoms with Crippen molar-refractivity contribution in [2.75, 3.05) is 13.2 Å². The number of carbonyl (C=O) groups is 1. The van der Waals surface area contributed by atoms with E-state index in [9.17, 15) is 43.3 Å². The van der Waals surface area contributed by atoms with Gasteiger partial charge in [-0.3, -0.25) is 9.35 Å². The first-order valence-corrected chi connectivity index (χ1v) is 25.0. The van der Waals surface area contributed by atoms with Crippen LogP contribution in [0.4, 0.5) is 0 Å². The standard InChI is InChI=1S/C45H87NO12S/c1-3-5-7-9-11-13-15-16-17-18-19-20-21-22-24-25-27-29-31-33-38(48)37(36-56-45-42(51)43(58-59(53,54)55)41(50)40(35-47)57-45)46-44(52)39(49)34-32-30-28-26-23-14-12-10-8-6-4-2/h12,14,37-43,45,47-51H,3-11,13,15-36H2,1-2H3,(H,46,52)(H,53,54,55)/b14-12-. The molecule has 350 valence electrons. The molecule has 59 heavy (non-hydrogen) atoms. The van der Waals surface area contributed by atoms with E-state index >= 15 is 0 Å². The van der Waals surface area contributed by atoms with Crippen molar-refractivity contribution in [3.63, 3.8) is 0 Å². The number of rotatable bonds is 40. The Morgan fingerprint density at radius 2 is 1.08 bits per heavy atom. The summed E-state index contributed by atoms with van der Waals surface area (Å²) in [5, 5.41) is 55.3. The maximum absolute atomic E-state index is 13.1. The van der Waals surface area contributed by atoms with Gasteiger partial charge in [0.25, 0.3) is 0 Å². The van der Waals surface area contributed by atoms with Gasteiger partial charge in [0.1, 0.15) is 30.5 Å². The zero-order chi connectivity index (χ0) is 43.6. The number of carbonyl (C=O) groups excluding carboxylic acids is 1. The quantitative estimate of drug-likeness (QED) is 0.0177. The molecule has 0 aromatic rings. The van der Waals surface area contributed by atoms with Gasteiger partial charge in [0.05, 0.1) is 25.4 Å². The van der Waals surface area contributed by atoms with Crippen LogP contribution in [-0.2, 0) is 28.9 Å². The highest BCUT2D eigenvalue weighted by Crippen LogP contribution is 2.26. The predicted octanol–water partition coefficient (Wildman–Crippen LogP) is 8.14. The first kappa shape index (κ1) is 55.8. The molecule has 0 bridgehead atoms. The van der Waals surface area contributed by atoms with Gasteiger partial charge in [0, 0.05) is 0 Å². The molecule has 1 aliphatic rings. The molecule has 1 fully saturated rings. The Kier molecular flexibility index (Phi) is 34.3. The van der Waals surface area contributed by atoms with Gasteiger partial charge >= 0.3 is 10.4 Å². The van der Waals surface area contributed by atoms with Crippen LogP contribution in [-0.4, -0.2) is 107 Å². The molecule has 0 aliphatic carbocycles. The minimum Gasteiger partial charge on any atom is -0.394 e. The van der Waals surface area contributed by atoms with Gasteiger partial charge in [-0.25, -0.2) is 4.18 Å². The molecule has 1 rings (SSSR count). The summed E-state index contributed by atoms with van der Waals surface area (Å²) >= 11 is 0. The van der Waals surface area contributed by atoms with Crippen LogP contribution in [0.25, 0.3) is 0 Å². The zero-order valence-corrected chi connectivity index (χ0v) is 37.8. The summed E-state index contributed by atoms with van der Waals surface area (Å²) in [6, 6.07) is -1.03. The highest BCUT2D eigenvalue weighted by Gasteiger charge is 2.48. The smallest absolute Gasteiger partial charge is 0.394 e. The summed E-state index contributed by atoms with van der Waals surface area (Å²) in [6.07, 6.45) is 26.9. The maximum atomic E-state index is 13.1. The Hall–Kier alpha value is -1.20. The lowest BCUT2D eigenvalue weighted by Gasteiger charge is -2.41. The lowest BCUT2D eigenvalue weighted by molar-refractivity contribution is -0.298. The van der Waals surface area contributed by atoms with Crippen LogP contribution >= 0.6 is 0 Å². The van der Waals surface area contributed by atoms with Crippen LogP contribution in [0.5, 0.6) is 0 Å². The predicted molar refractivity (Wildman–Crippen MR) is 233 cm³/mol. The fraction of sp³-hybridized carbons (Fsp3) is 0.933. The van der Waals surface area contributed by atoms with E-state index in [2.05, 4.69) is 35.5 Å². The largest absolute Gasteiger partial charge is 0.397 e. The highest BCUT2D eigenvalue weighted by atomic mass is 32.3. The van der Waals surface area contributed by atoms with Crippen molar-refractivity contribution >= 4 is 16.3 Å². The van der Waals surface area contributed by atoms with Crippen molar-refractivity contribution in [3.05, 3.63) is 12.2 Å². The van der Waals surface area contributed by atoms with Crippen LogP contribution in [0.1, 0.15) is 206 Å². The lowest BCUT2D eigenvalue weighted by Crippen LogP contribution is -2.61. The van der Waals surface area contributed by atoms with E-state index in [4.69, 9.17) is 9.47 Å². The number of aliphatic hydroxyl groups excluding tert-OH is 5. The topological polar surface area (TPSA) is 212 Å². The number of aliphatic hydroxyl groups is 5. The first-order valence-electron chi connectivity index (χ1n) is 23.7. The number of nitrogens with one attached hydrogen (secondary N) is 1. The summed E-state index contributed by atoms with van der Waals surface area (Å²) in [5.74, 6) is -0.679. The minimum atomic E-state index is -5.11. The van der Waals surface area contributed by atoms with Gasteiger partial charge in [0.2, 0.25) is 5.91 Å². The fourth-order valence-corrected chi connectivity index (χ4v) is 8.15. The highest BCUT2D eigenvalue weighted by molar-refractivity contribution is 7.80. The molecular formula is C45H87NO12S. The number of hydrogen-bond acceptors (Lipinski definition) is 11. The third-order valence-electron chi connectivity index (χ3n) is 11.4. The minimum absolute atomic E-state index is 0.247. The third kappa shape index (κ3) is 28.9. The molecule has 0 saturated carbocycles. The molecule has 0 spiro atoms. The van der Waals surface area contributed by atoms with Crippen LogP contribution in [0.2, 0.25) is 0 Å². The number of amides is 1. The second kappa shape index (κ2) is 36.3. The van der Waals surface area contributed by atoms with E-state index in [0.29, 0.717) is 19.3 Å². The van der Waals surface area contributed by atoms with E-state index < -0.39 is 78.5 Å². The second-order valence-electron chi connectivity index (χ2n) is 16.8. The van der Waals surface area contributed by atoms with Crippen molar-refractivity contribution in [3.8, 4) is 0 Å². The van der Waals surface area contributed by atoms with Crippen molar-refractivity contribution in [1.82, 2.24) is 5.32 Å². The molecule has 14 heteroatoms. The van der Waals surface area contributed by atoms with Crippen molar-refractivity contribution in [2.45, 2.75) is 255 Å². The Morgan fingerprint density at radius 3 is 1.56 bits per heavy atom. The molecule has 1 heterocycles. The monoisotopic (exact) mass is 866 g/mol. The SMILES string of the molecule is CCCCC/C=C\CCCCCCC(O)C(=O)NC(COC1OC(CO)C(O)C(OS(=O)(=O)O)C1O)C(O)CCCCCCCCCCCCCCCCCCCCC. The van der Waals surface area contributed by atoms with Gasteiger partial charge in [-0.1, -0.05) is 180 Å². The van der Waals surface area contributed by atoms with E-state index in [1.54, 1.807) is 0 Å². The molecule has 0 aromatic heterocycles. The average molecular weight is 866 g/mol. The second-order valence-corrected chi connectivity index (χ2v) is 17.9. The summed E-state index contributed by atoms with van der Waals surface area (Å²) in [6.45, 7) is 3.24. The van der Waals surface area contributed by atoms with Crippen molar-refractivity contribution in [1.29, 1.82) is 0 Å². The van der Waals surface area contributed by atoms with Gasteiger partial charge < -0.3 is 40.3 Å². The van der Waals surface area contributed by atoms with Gasteiger partial charge in [-0.05, 0) is 38.5 Å². The number of ether oxygens (including phenoxy) is 2. The Morgan fingerprint density at radius 1 is 0.661 bits per heavy atom. The molecule has 1 saturated heterocycles. The Balaban J connectivity index is 2.52. The Labute approximate surface area is 358 Å². The lowest BCUT2D eigenvalue weighted by atomic mass is 9.99. The molecule has 1 amide bonds. The van der Waals surface area contributed by atoms with E-state index in [-0.39, 0.29) is 6.42 Å². The van der Waals surface area contributed by atoms with Crippen LogP contribution in [0.15, 0.2) is 12.2 Å². The van der Waals surface area contributed by atoms with Crippen LogP contribution < -0.4 is 5.32 Å². The van der Waals surface area contributed by atoms with Gasteiger partial charge in [-0.2, -0.15) is 8.42 Å². The van der Waals surface area contributed by atoms with E-state index in [1.807, 2.05) is 0 Å². The fourth-order valence-electron chi connectivity index (χ4n) is 7.64. The average Bonchev–Trinajstić information content (AvgIpc) is 3.20. The number of unbranched alkanes of at least 4 members (excludes halogenated alkanes) is 25. The summed E-state index contributed by atoms with van der Waals surface area (Å²) in [7, 11) is -5.11. The molecule has 0 aromatic carbocycles. The van der Waals surface area contributed by atoms with Gasteiger partial charge in [0.15, 0.2) is 6.29 Å². The summed E-state index contributed by atoms with van der Waals surface area (Å²) in [5.41, 5.74) is 0. The molecule has 7 N–H and O–H groups in total. The first-order chi connectivity index (χ1) is 28.4. The molecular weight excluding hydrogens is 779 g/mol. The molecule has 0 radical (unpaired) electrons. The summed E-state index contributed by atoms with van der Waals surface area (Å²) in [4.78, 5) is 13.1. The summed E-state index contributed by atoms with van der Waals surface area (Å²) < 4.78 is 47.5. The van der Waals surface area contributed by atoms with E-state index in [1.165, 1.54) is 116 Å².